The SMILES string of the molecule is CCCc1ccc(C2CCC(c3ccc4c(F)c(F)ccc4c3)CC2)c(F)c1. The molecule has 0 amide bonds. The number of fused-ring (bicyclic) bond motifs is 1. The monoisotopic (exact) mass is 382 g/mol. The average Bonchev–Trinajstić information content (AvgIpc) is 2.71. The fraction of sp³-hybridized carbons (Fsp3) is 0.360. The van der Waals surface area contributed by atoms with Gasteiger partial charge in [-0.05, 0) is 78.1 Å². The summed E-state index contributed by atoms with van der Waals surface area (Å²) in [5.74, 6) is -1.02. The first-order chi connectivity index (χ1) is 13.6. The van der Waals surface area contributed by atoms with E-state index in [1.807, 2.05) is 18.2 Å². The van der Waals surface area contributed by atoms with E-state index in [0.29, 0.717) is 11.3 Å². The molecule has 0 aliphatic heterocycles. The Labute approximate surface area is 164 Å². The Hall–Kier alpha value is -2.29. The summed E-state index contributed by atoms with van der Waals surface area (Å²) in [6.45, 7) is 2.10. The van der Waals surface area contributed by atoms with E-state index < -0.39 is 11.6 Å². The maximum Gasteiger partial charge on any atom is 0.166 e. The molecule has 1 aliphatic carbocycles. The van der Waals surface area contributed by atoms with Crippen molar-refractivity contribution < 1.29 is 13.2 Å². The lowest BCUT2D eigenvalue weighted by molar-refractivity contribution is 0.387. The van der Waals surface area contributed by atoms with Crippen LogP contribution in [0.3, 0.4) is 0 Å². The first-order valence-electron chi connectivity index (χ1n) is 10.2. The molecule has 0 nitrogen and oxygen atoms in total. The molecule has 0 saturated heterocycles. The summed E-state index contributed by atoms with van der Waals surface area (Å²) in [6.07, 6.45) is 5.80. The summed E-state index contributed by atoms with van der Waals surface area (Å²) in [7, 11) is 0. The Morgan fingerprint density at radius 1 is 0.786 bits per heavy atom. The van der Waals surface area contributed by atoms with Crippen LogP contribution < -0.4 is 0 Å². The van der Waals surface area contributed by atoms with Crippen LogP contribution in [0.25, 0.3) is 10.8 Å². The maximum atomic E-state index is 14.6. The lowest BCUT2D eigenvalue weighted by Gasteiger charge is -2.29. The molecule has 3 aromatic rings. The van der Waals surface area contributed by atoms with E-state index in [2.05, 4.69) is 13.0 Å². The van der Waals surface area contributed by atoms with E-state index in [1.54, 1.807) is 18.2 Å². The van der Waals surface area contributed by atoms with Crippen LogP contribution in [0.2, 0.25) is 0 Å². The minimum absolute atomic E-state index is 0.0717. The second kappa shape index (κ2) is 7.98. The van der Waals surface area contributed by atoms with Gasteiger partial charge in [-0.15, -0.1) is 0 Å². The van der Waals surface area contributed by atoms with Crippen molar-refractivity contribution in [1.29, 1.82) is 0 Å². The molecule has 1 aliphatic rings. The van der Waals surface area contributed by atoms with E-state index in [9.17, 15) is 13.2 Å². The van der Waals surface area contributed by atoms with E-state index in [0.717, 1.165) is 60.6 Å². The van der Waals surface area contributed by atoms with Crippen LogP contribution in [-0.2, 0) is 6.42 Å². The van der Waals surface area contributed by atoms with Crippen molar-refractivity contribution in [3.63, 3.8) is 0 Å². The van der Waals surface area contributed by atoms with E-state index in [-0.39, 0.29) is 11.7 Å². The van der Waals surface area contributed by atoms with Crippen LogP contribution in [0.4, 0.5) is 13.2 Å². The Bertz CT molecular complexity index is 984. The molecule has 0 N–H and O–H groups in total. The summed E-state index contributed by atoms with van der Waals surface area (Å²) in [4.78, 5) is 0. The van der Waals surface area contributed by atoms with E-state index in [4.69, 9.17) is 0 Å². The molecule has 146 valence electrons. The molecule has 0 atom stereocenters. The van der Waals surface area contributed by atoms with Gasteiger partial charge in [-0.25, -0.2) is 13.2 Å². The molecule has 0 radical (unpaired) electrons. The van der Waals surface area contributed by atoms with Crippen molar-refractivity contribution in [3.05, 3.63) is 82.7 Å². The van der Waals surface area contributed by atoms with Gasteiger partial charge in [-0.3, -0.25) is 0 Å². The number of hydrogen-bond donors (Lipinski definition) is 0. The lowest BCUT2D eigenvalue weighted by Crippen LogP contribution is -2.13. The summed E-state index contributed by atoms with van der Waals surface area (Å²) in [5.41, 5.74) is 3.07. The van der Waals surface area contributed by atoms with Gasteiger partial charge < -0.3 is 0 Å². The molecule has 3 aromatic carbocycles. The fourth-order valence-electron chi connectivity index (χ4n) is 4.62. The van der Waals surface area contributed by atoms with Crippen molar-refractivity contribution in [1.82, 2.24) is 0 Å². The topological polar surface area (TPSA) is 0 Å². The normalized spacial score (nSPS) is 19.9. The molecule has 3 heteroatoms. The molecule has 0 spiro atoms. The van der Waals surface area contributed by atoms with Gasteiger partial charge in [-0.2, -0.15) is 0 Å². The van der Waals surface area contributed by atoms with Gasteiger partial charge in [0.25, 0.3) is 0 Å². The van der Waals surface area contributed by atoms with E-state index in [1.165, 1.54) is 6.07 Å². The van der Waals surface area contributed by atoms with Gasteiger partial charge in [-0.1, -0.05) is 49.7 Å². The van der Waals surface area contributed by atoms with Gasteiger partial charge in [0.2, 0.25) is 0 Å². The fourth-order valence-corrected chi connectivity index (χ4v) is 4.62. The molecule has 1 fully saturated rings. The van der Waals surface area contributed by atoms with Gasteiger partial charge in [0.15, 0.2) is 11.6 Å². The summed E-state index contributed by atoms with van der Waals surface area (Å²) in [5, 5.41) is 1.06. The molecule has 0 unspecified atom stereocenters. The Morgan fingerprint density at radius 2 is 1.54 bits per heavy atom. The smallest absolute Gasteiger partial charge is 0.166 e. The van der Waals surface area contributed by atoms with Crippen molar-refractivity contribution >= 4 is 10.8 Å². The second-order valence-corrected chi connectivity index (χ2v) is 8.00. The number of rotatable bonds is 4. The van der Waals surface area contributed by atoms with Crippen LogP contribution in [0.15, 0.2) is 48.5 Å². The molecular weight excluding hydrogens is 357 g/mol. The third kappa shape index (κ3) is 3.67. The number of aryl methyl sites for hydroxylation is 1. The lowest BCUT2D eigenvalue weighted by atomic mass is 9.75. The summed E-state index contributed by atoms with van der Waals surface area (Å²) >= 11 is 0. The highest BCUT2D eigenvalue weighted by molar-refractivity contribution is 5.84. The first-order valence-corrected chi connectivity index (χ1v) is 10.2. The zero-order valence-electron chi connectivity index (χ0n) is 16.2. The van der Waals surface area contributed by atoms with Gasteiger partial charge in [0, 0.05) is 5.39 Å². The third-order valence-electron chi connectivity index (χ3n) is 6.17. The quantitative estimate of drug-likeness (QED) is 0.435. The van der Waals surface area contributed by atoms with Crippen molar-refractivity contribution in [2.45, 2.75) is 57.3 Å². The summed E-state index contributed by atoms with van der Waals surface area (Å²) < 4.78 is 41.9. The highest BCUT2D eigenvalue weighted by Crippen LogP contribution is 2.42. The summed E-state index contributed by atoms with van der Waals surface area (Å²) in [6, 6.07) is 14.1. The zero-order valence-corrected chi connectivity index (χ0v) is 16.2. The van der Waals surface area contributed by atoms with Crippen molar-refractivity contribution in [2.75, 3.05) is 0 Å². The standard InChI is InChI=1S/C25H25F3/c1-2-3-16-4-11-21(24(27)14-16)18-7-5-17(6-8-18)19-9-12-22-20(15-19)10-13-23(26)25(22)28/h4,9-15,17-18H,2-3,5-8H2,1H3. The second-order valence-electron chi connectivity index (χ2n) is 8.00. The molecule has 0 aromatic heterocycles. The van der Waals surface area contributed by atoms with Crippen molar-refractivity contribution in [2.24, 2.45) is 0 Å². The highest BCUT2D eigenvalue weighted by atomic mass is 19.2. The van der Waals surface area contributed by atoms with Crippen LogP contribution in [-0.4, -0.2) is 0 Å². The largest absolute Gasteiger partial charge is 0.207 e. The molecule has 4 rings (SSSR count). The van der Waals surface area contributed by atoms with Crippen LogP contribution in [0.1, 0.15) is 67.6 Å². The number of halogens is 3. The number of hydrogen-bond acceptors (Lipinski definition) is 0. The third-order valence-corrected chi connectivity index (χ3v) is 6.17. The van der Waals surface area contributed by atoms with Crippen LogP contribution >= 0.6 is 0 Å². The van der Waals surface area contributed by atoms with E-state index >= 15 is 0 Å². The average molecular weight is 382 g/mol. The molecule has 28 heavy (non-hydrogen) atoms. The van der Waals surface area contributed by atoms with Gasteiger partial charge in [0.05, 0.1) is 0 Å². The Kier molecular flexibility index (Phi) is 5.43. The molecular formula is C25H25F3. The van der Waals surface area contributed by atoms with Gasteiger partial charge >= 0.3 is 0 Å². The minimum Gasteiger partial charge on any atom is -0.207 e. The zero-order chi connectivity index (χ0) is 19.7. The predicted molar refractivity (Wildman–Crippen MR) is 108 cm³/mol. The molecule has 0 bridgehead atoms. The molecule has 0 heterocycles. The Balaban J connectivity index is 1.48. The van der Waals surface area contributed by atoms with Gasteiger partial charge in [0.1, 0.15) is 5.82 Å². The highest BCUT2D eigenvalue weighted by Gasteiger charge is 2.25. The Morgan fingerprint density at radius 3 is 2.25 bits per heavy atom. The maximum absolute atomic E-state index is 14.6. The first kappa shape index (κ1) is 19.0. The van der Waals surface area contributed by atoms with Crippen molar-refractivity contribution in [3.8, 4) is 0 Å². The molecule has 1 saturated carbocycles. The number of benzene rings is 3. The van der Waals surface area contributed by atoms with Crippen LogP contribution in [0, 0.1) is 17.5 Å². The predicted octanol–water partition coefficient (Wildman–Crippen LogP) is 7.65. The minimum atomic E-state index is -0.812. The van der Waals surface area contributed by atoms with Crippen LogP contribution in [0.5, 0.6) is 0 Å².